The van der Waals surface area contributed by atoms with E-state index in [9.17, 15) is 9.59 Å². The number of hydrogen-bond acceptors (Lipinski definition) is 5. The van der Waals surface area contributed by atoms with Gasteiger partial charge in [-0.25, -0.2) is 9.78 Å². The number of furan rings is 1. The van der Waals surface area contributed by atoms with Gasteiger partial charge in [0, 0.05) is 17.5 Å². The summed E-state index contributed by atoms with van der Waals surface area (Å²) < 4.78 is 11.3. The molecule has 0 saturated heterocycles. The van der Waals surface area contributed by atoms with E-state index in [0.717, 1.165) is 51.9 Å². The summed E-state index contributed by atoms with van der Waals surface area (Å²) in [5, 5.41) is 0.736. The molecule has 1 aliphatic carbocycles. The molecule has 0 N–H and O–H groups in total. The average molecular weight is 509 g/mol. The predicted octanol–water partition coefficient (Wildman–Crippen LogP) is 6.69. The Hall–Kier alpha value is -4.19. The maximum atomic E-state index is 13.6. The van der Waals surface area contributed by atoms with E-state index in [4.69, 9.17) is 14.1 Å². The van der Waals surface area contributed by atoms with Gasteiger partial charge < -0.3 is 14.1 Å². The zero-order valence-electron chi connectivity index (χ0n) is 22.1. The Kier molecular flexibility index (Phi) is 7.14. The number of fused-ring (bicyclic) bond motifs is 2. The van der Waals surface area contributed by atoms with Crippen LogP contribution in [0.1, 0.15) is 66.6 Å². The summed E-state index contributed by atoms with van der Waals surface area (Å²) in [6, 6.07) is 21.2. The molecule has 0 spiro atoms. The number of pyridine rings is 1. The third-order valence-corrected chi connectivity index (χ3v) is 6.86. The van der Waals surface area contributed by atoms with Crippen LogP contribution in [0.2, 0.25) is 0 Å². The molecular formula is C32H32N2O4. The number of para-hydroxylation sites is 1. The van der Waals surface area contributed by atoms with E-state index in [-0.39, 0.29) is 12.5 Å². The van der Waals surface area contributed by atoms with Gasteiger partial charge in [0.15, 0.2) is 6.61 Å². The zero-order valence-corrected chi connectivity index (χ0v) is 22.1. The fourth-order valence-electron chi connectivity index (χ4n) is 5.00. The van der Waals surface area contributed by atoms with Crippen LogP contribution >= 0.6 is 0 Å². The van der Waals surface area contributed by atoms with Crippen LogP contribution in [0, 0.1) is 0 Å². The number of allylic oxidation sites excluding steroid dienone is 1. The van der Waals surface area contributed by atoms with E-state index in [0.29, 0.717) is 18.5 Å². The smallest absolute Gasteiger partial charge is 0.339 e. The Morgan fingerprint density at radius 1 is 1.00 bits per heavy atom. The Labute approximate surface area is 222 Å². The standard InChI is InChI=1S/C32H32N2O4/c1-32(2,3)34(20-22-11-5-4-6-12-22)28(35)21-38-31(36)29-25-15-7-8-17-27(25)33-30-23(13-9-16-26(29)30)19-24-14-10-18-37-24/h4-8,10-12,14-15,17-19H,9,13,16,20-21H2,1-3H3/b23-19+. The van der Waals surface area contributed by atoms with Crippen molar-refractivity contribution in [2.45, 2.75) is 52.1 Å². The van der Waals surface area contributed by atoms with Gasteiger partial charge in [0.25, 0.3) is 5.91 Å². The lowest BCUT2D eigenvalue weighted by Gasteiger charge is -2.35. The molecule has 5 rings (SSSR count). The highest BCUT2D eigenvalue weighted by Gasteiger charge is 2.30. The number of carbonyl (C=O) groups is 2. The van der Waals surface area contributed by atoms with Crippen LogP contribution in [0.15, 0.2) is 77.4 Å². The molecule has 0 fully saturated rings. The predicted molar refractivity (Wildman–Crippen MR) is 148 cm³/mol. The third kappa shape index (κ3) is 5.40. The molecule has 0 unspecified atom stereocenters. The first-order chi connectivity index (χ1) is 18.3. The molecule has 38 heavy (non-hydrogen) atoms. The van der Waals surface area contributed by atoms with Gasteiger partial charge in [0.1, 0.15) is 5.76 Å². The maximum Gasteiger partial charge on any atom is 0.339 e. The Bertz CT molecular complexity index is 1480. The second-order valence-corrected chi connectivity index (χ2v) is 10.6. The van der Waals surface area contributed by atoms with Crippen molar-refractivity contribution < 1.29 is 18.7 Å². The van der Waals surface area contributed by atoms with Crippen LogP contribution < -0.4 is 0 Å². The molecular weight excluding hydrogens is 476 g/mol. The summed E-state index contributed by atoms with van der Waals surface area (Å²) in [4.78, 5) is 33.6. The van der Waals surface area contributed by atoms with Gasteiger partial charge in [-0.2, -0.15) is 0 Å². The number of nitrogens with zero attached hydrogens (tertiary/aromatic N) is 2. The number of ether oxygens (including phenoxy) is 1. The maximum absolute atomic E-state index is 13.6. The van der Waals surface area contributed by atoms with Gasteiger partial charge in [-0.3, -0.25) is 4.79 Å². The molecule has 2 aromatic heterocycles. The number of esters is 1. The molecule has 0 aliphatic heterocycles. The van der Waals surface area contributed by atoms with Crippen LogP contribution in [-0.2, 0) is 22.5 Å². The highest BCUT2D eigenvalue weighted by molar-refractivity contribution is 6.07. The summed E-state index contributed by atoms with van der Waals surface area (Å²) in [5.41, 5.74) is 4.48. The van der Waals surface area contributed by atoms with Crippen molar-refractivity contribution in [3.05, 3.63) is 101 Å². The van der Waals surface area contributed by atoms with Crippen LogP contribution in [-0.4, -0.2) is 33.9 Å². The molecule has 0 saturated carbocycles. The molecule has 6 nitrogen and oxygen atoms in total. The average Bonchev–Trinajstić information content (AvgIpc) is 3.42. The molecule has 6 heteroatoms. The fourth-order valence-corrected chi connectivity index (χ4v) is 5.00. The lowest BCUT2D eigenvalue weighted by Crippen LogP contribution is -2.46. The molecule has 1 amide bonds. The van der Waals surface area contributed by atoms with Crippen molar-refractivity contribution in [3.8, 4) is 0 Å². The number of carbonyl (C=O) groups excluding carboxylic acids is 2. The highest BCUT2D eigenvalue weighted by Crippen LogP contribution is 2.36. The van der Waals surface area contributed by atoms with Gasteiger partial charge in [-0.1, -0.05) is 48.5 Å². The van der Waals surface area contributed by atoms with Crippen LogP contribution in [0.25, 0.3) is 22.6 Å². The van der Waals surface area contributed by atoms with E-state index in [1.807, 2.05) is 93.6 Å². The number of amides is 1. The van der Waals surface area contributed by atoms with Crippen molar-refractivity contribution in [2.75, 3.05) is 6.61 Å². The Morgan fingerprint density at radius 3 is 2.50 bits per heavy atom. The molecule has 2 heterocycles. The van der Waals surface area contributed by atoms with Gasteiger partial charge in [-0.05, 0) is 81.0 Å². The first kappa shape index (κ1) is 25.5. The van der Waals surface area contributed by atoms with E-state index in [1.165, 1.54) is 0 Å². The second kappa shape index (κ2) is 10.7. The fraction of sp³-hybridized carbons (Fsp3) is 0.281. The SMILES string of the molecule is CC(C)(C)N(Cc1ccccc1)C(=O)COC(=O)c1c2c(nc3ccccc13)/C(=C/c1ccco1)CCC2. The van der Waals surface area contributed by atoms with E-state index in [1.54, 1.807) is 11.2 Å². The molecule has 1 aliphatic rings. The largest absolute Gasteiger partial charge is 0.465 e. The molecule has 2 aromatic carbocycles. The molecule has 0 bridgehead atoms. The van der Waals surface area contributed by atoms with Crippen LogP contribution in [0.3, 0.4) is 0 Å². The summed E-state index contributed by atoms with van der Waals surface area (Å²) in [6.45, 7) is 6.05. The lowest BCUT2D eigenvalue weighted by molar-refractivity contribution is -0.140. The van der Waals surface area contributed by atoms with Crippen molar-refractivity contribution in [2.24, 2.45) is 0 Å². The lowest BCUT2D eigenvalue weighted by atomic mass is 9.86. The first-order valence-corrected chi connectivity index (χ1v) is 13.0. The molecule has 0 radical (unpaired) electrons. The second-order valence-electron chi connectivity index (χ2n) is 10.6. The van der Waals surface area contributed by atoms with Crippen molar-refractivity contribution >= 4 is 34.4 Å². The summed E-state index contributed by atoms with van der Waals surface area (Å²) in [5.74, 6) is 0.0135. The van der Waals surface area contributed by atoms with E-state index < -0.39 is 11.5 Å². The number of aromatic nitrogens is 1. The van der Waals surface area contributed by atoms with Gasteiger partial charge in [0.05, 0.1) is 23.0 Å². The molecule has 194 valence electrons. The van der Waals surface area contributed by atoms with Gasteiger partial charge in [0.2, 0.25) is 0 Å². The van der Waals surface area contributed by atoms with Crippen molar-refractivity contribution in [1.82, 2.24) is 9.88 Å². The van der Waals surface area contributed by atoms with E-state index >= 15 is 0 Å². The van der Waals surface area contributed by atoms with Crippen LogP contribution in [0.4, 0.5) is 0 Å². The third-order valence-electron chi connectivity index (χ3n) is 6.86. The molecule has 4 aromatic rings. The zero-order chi connectivity index (χ0) is 26.7. The van der Waals surface area contributed by atoms with Crippen molar-refractivity contribution in [1.29, 1.82) is 0 Å². The monoisotopic (exact) mass is 508 g/mol. The Morgan fingerprint density at radius 2 is 1.76 bits per heavy atom. The first-order valence-electron chi connectivity index (χ1n) is 13.0. The minimum atomic E-state index is -0.499. The van der Waals surface area contributed by atoms with Crippen molar-refractivity contribution in [3.63, 3.8) is 0 Å². The normalized spacial score (nSPS) is 14.3. The minimum absolute atomic E-state index is 0.236. The summed E-state index contributed by atoms with van der Waals surface area (Å²) in [6.07, 6.45) is 6.06. The van der Waals surface area contributed by atoms with Gasteiger partial charge in [-0.15, -0.1) is 0 Å². The summed E-state index contributed by atoms with van der Waals surface area (Å²) in [7, 11) is 0. The topological polar surface area (TPSA) is 72.6 Å². The quantitative estimate of drug-likeness (QED) is 0.271. The molecule has 0 atom stereocenters. The summed E-state index contributed by atoms with van der Waals surface area (Å²) >= 11 is 0. The number of rotatable bonds is 6. The number of hydrogen-bond donors (Lipinski definition) is 0. The van der Waals surface area contributed by atoms with Gasteiger partial charge >= 0.3 is 5.97 Å². The van der Waals surface area contributed by atoms with E-state index in [2.05, 4.69) is 0 Å². The van der Waals surface area contributed by atoms with Crippen LogP contribution in [0.5, 0.6) is 0 Å². The minimum Gasteiger partial charge on any atom is -0.465 e. The number of benzene rings is 2. The Balaban J connectivity index is 1.45. The highest BCUT2D eigenvalue weighted by atomic mass is 16.5.